The minimum Gasteiger partial charge on any atom is -0.370 e. The fraction of sp³-hybridized carbons (Fsp3) is 0.778. The van der Waals surface area contributed by atoms with Crippen LogP contribution in [0.4, 0.5) is 0 Å². The Labute approximate surface area is 161 Å². The first-order valence-electron chi connectivity index (χ1n) is 9.71. The van der Waals surface area contributed by atoms with Gasteiger partial charge in [-0.05, 0) is 39.5 Å². The zero-order valence-electron chi connectivity index (χ0n) is 16.4. The van der Waals surface area contributed by atoms with Gasteiger partial charge in [0.15, 0.2) is 5.96 Å². The Morgan fingerprint density at radius 1 is 1.07 bits per heavy atom. The van der Waals surface area contributed by atoms with E-state index in [9.17, 15) is 14.4 Å². The Morgan fingerprint density at radius 3 is 2.30 bits per heavy atom. The zero-order chi connectivity index (χ0) is 20.2. The normalized spacial score (nSPS) is 18.0. The quantitative estimate of drug-likeness (QED) is 0.141. The number of hydrogen-bond acceptors (Lipinski definition) is 5. The van der Waals surface area contributed by atoms with Crippen molar-refractivity contribution >= 4 is 24.1 Å². The Balaban J connectivity index is 2.36. The zero-order valence-corrected chi connectivity index (χ0v) is 16.4. The molecule has 1 aliphatic carbocycles. The van der Waals surface area contributed by atoms with Crippen molar-refractivity contribution in [1.82, 2.24) is 16.0 Å². The monoisotopic (exact) mass is 382 g/mol. The van der Waals surface area contributed by atoms with Gasteiger partial charge in [-0.25, -0.2) is 0 Å². The third-order valence-corrected chi connectivity index (χ3v) is 4.70. The van der Waals surface area contributed by atoms with Crippen molar-refractivity contribution in [2.24, 2.45) is 16.5 Å². The average Bonchev–Trinajstić information content (AvgIpc) is 2.64. The first-order valence-corrected chi connectivity index (χ1v) is 9.71. The van der Waals surface area contributed by atoms with Gasteiger partial charge in [-0.2, -0.15) is 0 Å². The van der Waals surface area contributed by atoms with Gasteiger partial charge in [0.05, 0.1) is 12.1 Å². The van der Waals surface area contributed by atoms with Crippen molar-refractivity contribution in [3.05, 3.63) is 0 Å². The summed E-state index contributed by atoms with van der Waals surface area (Å²) in [7, 11) is 0. The van der Waals surface area contributed by atoms with Crippen molar-refractivity contribution in [3.8, 4) is 0 Å². The number of carbonyl (C=O) groups is 3. The lowest BCUT2D eigenvalue weighted by molar-refractivity contribution is -0.130. The standard InChI is InChI=1S/C18H34N6O3/c1-12(22-14-7-4-3-5-8-14)16(26)23-13(2)17(27)24-15(11-25)9-6-10-21-18(19)20/h11-15,22H,3-10H2,1-2H3,(H,23,26)(H,24,27)(H4,19,20,21). The molecule has 0 bridgehead atoms. The van der Waals surface area contributed by atoms with Crippen LogP contribution in [0, 0.1) is 0 Å². The van der Waals surface area contributed by atoms with Crippen molar-refractivity contribution < 1.29 is 14.4 Å². The second-order valence-electron chi connectivity index (χ2n) is 7.15. The highest BCUT2D eigenvalue weighted by Gasteiger charge is 2.23. The van der Waals surface area contributed by atoms with Crippen LogP contribution in [0.2, 0.25) is 0 Å². The topological polar surface area (TPSA) is 152 Å². The highest BCUT2D eigenvalue weighted by Crippen LogP contribution is 2.17. The van der Waals surface area contributed by atoms with Crippen molar-refractivity contribution in [2.75, 3.05) is 6.54 Å². The molecule has 9 nitrogen and oxygen atoms in total. The van der Waals surface area contributed by atoms with Gasteiger partial charge in [0.2, 0.25) is 11.8 Å². The van der Waals surface area contributed by atoms with E-state index < -0.39 is 18.0 Å². The van der Waals surface area contributed by atoms with Crippen molar-refractivity contribution in [3.63, 3.8) is 0 Å². The predicted octanol–water partition coefficient (Wildman–Crippen LogP) is -0.461. The summed E-state index contributed by atoms with van der Waals surface area (Å²) in [5.41, 5.74) is 10.5. The summed E-state index contributed by atoms with van der Waals surface area (Å²) in [6, 6.07) is -1.38. The van der Waals surface area contributed by atoms with Gasteiger partial charge in [0.1, 0.15) is 12.3 Å². The van der Waals surface area contributed by atoms with E-state index in [0.717, 1.165) is 12.8 Å². The molecule has 0 saturated heterocycles. The maximum Gasteiger partial charge on any atom is 0.242 e. The number of carbonyl (C=O) groups excluding carboxylic acids is 3. The molecule has 1 fully saturated rings. The van der Waals surface area contributed by atoms with Gasteiger partial charge in [0, 0.05) is 12.6 Å². The molecule has 7 N–H and O–H groups in total. The molecule has 0 aromatic rings. The molecule has 0 aliphatic heterocycles. The largest absolute Gasteiger partial charge is 0.370 e. The molecule has 9 heteroatoms. The van der Waals surface area contributed by atoms with E-state index in [0.29, 0.717) is 31.7 Å². The SMILES string of the molecule is CC(NC(=O)C(C)NC1CCCCC1)C(=O)NC(C=O)CCCN=C(N)N. The molecule has 154 valence electrons. The third-order valence-electron chi connectivity index (χ3n) is 4.70. The van der Waals surface area contributed by atoms with Crippen LogP contribution in [0.15, 0.2) is 4.99 Å². The average molecular weight is 383 g/mol. The van der Waals surface area contributed by atoms with Crippen molar-refractivity contribution in [1.29, 1.82) is 0 Å². The molecule has 0 aromatic carbocycles. The third kappa shape index (κ3) is 9.37. The van der Waals surface area contributed by atoms with Crippen LogP contribution in [-0.4, -0.2) is 54.8 Å². The maximum atomic E-state index is 12.3. The lowest BCUT2D eigenvalue weighted by Crippen LogP contribution is -2.53. The summed E-state index contributed by atoms with van der Waals surface area (Å²) in [5, 5.41) is 8.65. The van der Waals surface area contributed by atoms with Gasteiger partial charge in [0.25, 0.3) is 0 Å². The lowest BCUT2D eigenvalue weighted by Gasteiger charge is -2.27. The minimum atomic E-state index is -0.728. The van der Waals surface area contributed by atoms with E-state index >= 15 is 0 Å². The van der Waals surface area contributed by atoms with Crippen molar-refractivity contribution in [2.45, 2.75) is 83.0 Å². The number of aliphatic imine (C=N–C) groups is 1. The number of nitrogens with two attached hydrogens (primary N) is 2. The Hall–Kier alpha value is -2.16. The molecule has 0 aromatic heterocycles. The molecular weight excluding hydrogens is 348 g/mol. The summed E-state index contributed by atoms with van der Waals surface area (Å²) in [6.07, 6.45) is 7.43. The molecule has 27 heavy (non-hydrogen) atoms. The molecule has 3 unspecified atom stereocenters. The number of aldehydes is 1. The maximum absolute atomic E-state index is 12.3. The molecule has 1 aliphatic rings. The minimum absolute atomic E-state index is 0.00557. The highest BCUT2D eigenvalue weighted by molar-refractivity contribution is 5.90. The van der Waals surface area contributed by atoms with Crippen LogP contribution in [-0.2, 0) is 14.4 Å². The number of hydrogen-bond donors (Lipinski definition) is 5. The van der Waals surface area contributed by atoms with Crippen LogP contribution < -0.4 is 27.4 Å². The summed E-state index contributed by atoms with van der Waals surface area (Å²) in [6.45, 7) is 3.79. The predicted molar refractivity (Wildman–Crippen MR) is 105 cm³/mol. The molecule has 3 atom stereocenters. The van der Waals surface area contributed by atoms with Crippen LogP contribution in [0.1, 0.15) is 58.8 Å². The van der Waals surface area contributed by atoms with Gasteiger partial charge in [-0.1, -0.05) is 19.3 Å². The Morgan fingerprint density at radius 2 is 1.70 bits per heavy atom. The van der Waals surface area contributed by atoms with E-state index in [1.54, 1.807) is 13.8 Å². The molecule has 1 saturated carbocycles. The number of nitrogens with one attached hydrogen (secondary N) is 3. The Kier molecular flexibility index (Phi) is 10.4. The lowest BCUT2D eigenvalue weighted by atomic mass is 9.95. The van der Waals surface area contributed by atoms with E-state index in [4.69, 9.17) is 11.5 Å². The molecule has 0 radical (unpaired) electrons. The number of nitrogens with zero attached hydrogens (tertiary/aromatic N) is 1. The number of rotatable bonds is 11. The molecule has 0 spiro atoms. The van der Waals surface area contributed by atoms with Crippen LogP contribution in [0.25, 0.3) is 0 Å². The van der Waals surface area contributed by atoms with Gasteiger partial charge in [-0.15, -0.1) is 0 Å². The van der Waals surface area contributed by atoms with E-state index in [1.807, 2.05) is 0 Å². The number of guanidine groups is 1. The fourth-order valence-corrected chi connectivity index (χ4v) is 3.10. The second kappa shape index (κ2) is 12.3. The van der Waals surface area contributed by atoms with Crippen LogP contribution in [0.5, 0.6) is 0 Å². The molecule has 1 rings (SSSR count). The molecule has 2 amide bonds. The van der Waals surface area contributed by atoms with Gasteiger partial charge >= 0.3 is 0 Å². The van der Waals surface area contributed by atoms with Crippen LogP contribution in [0.3, 0.4) is 0 Å². The van der Waals surface area contributed by atoms with Crippen LogP contribution >= 0.6 is 0 Å². The van der Waals surface area contributed by atoms with E-state index in [2.05, 4.69) is 20.9 Å². The highest BCUT2D eigenvalue weighted by atomic mass is 16.2. The molecule has 0 heterocycles. The molecular formula is C18H34N6O3. The van der Waals surface area contributed by atoms with E-state index in [-0.39, 0.29) is 17.9 Å². The van der Waals surface area contributed by atoms with Gasteiger partial charge in [-0.3, -0.25) is 14.6 Å². The summed E-state index contributed by atoms with van der Waals surface area (Å²) >= 11 is 0. The summed E-state index contributed by atoms with van der Waals surface area (Å²) in [4.78, 5) is 39.5. The van der Waals surface area contributed by atoms with Gasteiger partial charge < -0.3 is 32.2 Å². The first-order chi connectivity index (χ1) is 12.8. The van der Waals surface area contributed by atoms with E-state index in [1.165, 1.54) is 19.3 Å². The summed E-state index contributed by atoms with van der Waals surface area (Å²) < 4.78 is 0. The smallest absolute Gasteiger partial charge is 0.242 e. The summed E-state index contributed by atoms with van der Waals surface area (Å²) in [5.74, 6) is -0.625. The number of amides is 2. The fourth-order valence-electron chi connectivity index (χ4n) is 3.10. The second-order valence-corrected chi connectivity index (χ2v) is 7.15. The first kappa shape index (κ1) is 22.9. The Bertz CT molecular complexity index is 515.